The Morgan fingerprint density at radius 1 is 1.08 bits per heavy atom. The molecule has 1 N–H and O–H groups in total. The number of alkyl halides is 3. The van der Waals surface area contributed by atoms with E-state index in [9.17, 15) is 21.6 Å². The van der Waals surface area contributed by atoms with Gasteiger partial charge < -0.3 is 0 Å². The van der Waals surface area contributed by atoms with E-state index in [2.05, 4.69) is 20.2 Å². The predicted octanol–water partition coefficient (Wildman–Crippen LogP) is 2.79. The van der Waals surface area contributed by atoms with E-state index in [4.69, 9.17) is 0 Å². The fraction of sp³-hybridized carbons (Fsp3) is 0.133. The summed E-state index contributed by atoms with van der Waals surface area (Å²) in [5.74, 6) is 0. The van der Waals surface area contributed by atoms with Gasteiger partial charge in [-0.2, -0.15) is 13.2 Å². The number of aryl methyl sites for hydroxylation is 1. The Morgan fingerprint density at radius 3 is 2.31 bits per heavy atom. The van der Waals surface area contributed by atoms with E-state index >= 15 is 0 Å². The highest BCUT2D eigenvalue weighted by Gasteiger charge is 2.30. The molecule has 136 valence electrons. The van der Waals surface area contributed by atoms with E-state index in [1.807, 2.05) is 0 Å². The van der Waals surface area contributed by atoms with Gasteiger partial charge in [-0.1, -0.05) is 0 Å². The maximum atomic E-state index is 12.6. The van der Waals surface area contributed by atoms with E-state index in [-0.39, 0.29) is 10.6 Å². The Morgan fingerprint density at radius 2 is 1.77 bits per heavy atom. The van der Waals surface area contributed by atoms with Crippen molar-refractivity contribution in [3.8, 4) is 5.69 Å². The molecule has 0 aliphatic rings. The molecule has 0 amide bonds. The van der Waals surface area contributed by atoms with E-state index in [1.54, 1.807) is 19.1 Å². The topological polar surface area (TPSA) is 89.8 Å². The Kier molecular flexibility index (Phi) is 4.40. The van der Waals surface area contributed by atoms with Crippen molar-refractivity contribution in [3.05, 3.63) is 59.9 Å². The molecule has 0 aliphatic heterocycles. The van der Waals surface area contributed by atoms with E-state index in [0.717, 1.165) is 24.3 Å². The zero-order valence-electron chi connectivity index (χ0n) is 13.3. The van der Waals surface area contributed by atoms with Gasteiger partial charge in [0, 0.05) is 5.69 Å². The molecule has 11 heteroatoms. The van der Waals surface area contributed by atoms with E-state index < -0.39 is 21.8 Å². The summed E-state index contributed by atoms with van der Waals surface area (Å²) < 4.78 is 66.2. The molecule has 0 fully saturated rings. The highest BCUT2D eigenvalue weighted by atomic mass is 32.2. The third kappa shape index (κ3) is 3.67. The molecule has 0 bridgehead atoms. The van der Waals surface area contributed by atoms with Crippen molar-refractivity contribution in [1.82, 2.24) is 20.2 Å². The van der Waals surface area contributed by atoms with Gasteiger partial charge in [-0.05, 0) is 65.4 Å². The van der Waals surface area contributed by atoms with Crippen molar-refractivity contribution >= 4 is 15.7 Å². The Balaban J connectivity index is 1.84. The number of halogens is 3. The van der Waals surface area contributed by atoms with Crippen LogP contribution < -0.4 is 4.72 Å². The first-order valence-corrected chi connectivity index (χ1v) is 8.69. The van der Waals surface area contributed by atoms with Gasteiger partial charge >= 0.3 is 6.18 Å². The number of nitrogens with one attached hydrogen (secondary N) is 1. The molecule has 0 radical (unpaired) electrons. The lowest BCUT2D eigenvalue weighted by Gasteiger charge is -2.12. The molecule has 0 unspecified atom stereocenters. The lowest BCUT2D eigenvalue weighted by Crippen LogP contribution is -2.14. The molecule has 0 saturated carbocycles. The number of hydrogen-bond acceptors (Lipinski definition) is 5. The van der Waals surface area contributed by atoms with Gasteiger partial charge in [0.1, 0.15) is 6.33 Å². The third-order valence-corrected chi connectivity index (χ3v) is 4.93. The van der Waals surface area contributed by atoms with Crippen LogP contribution in [0.4, 0.5) is 18.9 Å². The van der Waals surface area contributed by atoms with Crippen LogP contribution in [0.25, 0.3) is 5.69 Å². The molecular weight excluding hydrogens is 371 g/mol. The van der Waals surface area contributed by atoms with Crippen molar-refractivity contribution in [1.29, 1.82) is 0 Å². The zero-order valence-corrected chi connectivity index (χ0v) is 14.1. The first-order valence-electron chi connectivity index (χ1n) is 7.21. The standard InChI is InChI=1S/C15H12F3N5O2S/c1-10-8-12(4-7-14(10)23-9-19-21-22-23)20-26(24,25)13-5-2-11(3-6-13)15(16,17)18/h2-9,20H,1H3. The van der Waals surface area contributed by atoms with Gasteiger partial charge in [0.05, 0.1) is 16.1 Å². The molecule has 0 spiro atoms. The maximum absolute atomic E-state index is 12.6. The monoisotopic (exact) mass is 383 g/mol. The summed E-state index contributed by atoms with van der Waals surface area (Å²) in [4.78, 5) is -0.271. The van der Waals surface area contributed by atoms with Crippen LogP contribution in [0.2, 0.25) is 0 Å². The van der Waals surface area contributed by atoms with Crippen LogP contribution in [0, 0.1) is 6.92 Å². The number of sulfonamides is 1. The van der Waals surface area contributed by atoms with Crippen molar-refractivity contribution in [2.45, 2.75) is 18.0 Å². The van der Waals surface area contributed by atoms with Gasteiger partial charge in [-0.15, -0.1) is 5.10 Å². The first kappa shape index (κ1) is 17.9. The number of rotatable bonds is 4. The lowest BCUT2D eigenvalue weighted by atomic mass is 10.2. The van der Waals surface area contributed by atoms with Crippen molar-refractivity contribution in [3.63, 3.8) is 0 Å². The SMILES string of the molecule is Cc1cc(NS(=O)(=O)c2ccc(C(F)(F)F)cc2)ccc1-n1cnnn1. The number of aromatic nitrogens is 4. The molecule has 3 rings (SSSR count). The minimum absolute atomic E-state index is 0.263. The second kappa shape index (κ2) is 6.41. The van der Waals surface area contributed by atoms with Crippen LogP contribution in [-0.2, 0) is 16.2 Å². The quantitative estimate of drug-likeness (QED) is 0.748. The fourth-order valence-electron chi connectivity index (χ4n) is 2.28. The summed E-state index contributed by atoms with van der Waals surface area (Å²) in [7, 11) is -4.02. The molecule has 3 aromatic rings. The van der Waals surface area contributed by atoms with Crippen molar-refractivity contribution in [2.75, 3.05) is 4.72 Å². The minimum Gasteiger partial charge on any atom is -0.280 e. The van der Waals surface area contributed by atoms with Gasteiger partial charge in [-0.25, -0.2) is 13.1 Å². The Hall–Kier alpha value is -2.95. The van der Waals surface area contributed by atoms with Crippen LogP contribution in [0.15, 0.2) is 53.7 Å². The molecule has 26 heavy (non-hydrogen) atoms. The lowest BCUT2D eigenvalue weighted by molar-refractivity contribution is -0.137. The van der Waals surface area contributed by atoms with Gasteiger partial charge in [0.25, 0.3) is 10.0 Å². The van der Waals surface area contributed by atoms with Gasteiger partial charge in [-0.3, -0.25) is 4.72 Å². The second-order valence-electron chi connectivity index (χ2n) is 5.38. The van der Waals surface area contributed by atoms with Crippen molar-refractivity contribution < 1.29 is 21.6 Å². The fourth-order valence-corrected chi connectivity index (χ4v) is 3.33. The normalized spacial score (nSPS) is 12.2. The van der Waals surface area contributed by atoms with Crippen LogP contribution in [0.5, 0.6) is 0 Å². The average molecular weight is 383 g/mol. The summed E-state index contributed by atoms with van der Waals surface area (Å²) in [5, 5.41) is 10.8. The Bertz CT molecular complexity index is 1020. The summed E-state index contributed by atoms with van der Waals surface area (Å²) in [5.41, 5.74) is 0.703. The number of anilines is 1. The number of tetrazole rings is 1. The number of hydrogen-bond donors (Lipinski definition) is 1. The average Bonchev–Trinajstić information content (AvgIpc) is 3.08. The molecule has 0 atom stereocenters. The van der Waals surface area contributed by atoms with E-state index in [0.29, 0.717) is 11.3 Å². The maximum Gasteiger partial charge on any atom is 0.416 e. The Labute approximate surface area is 146 Å². The molecule has 1 heterocycles. The highest BCUT2D eigenvalue weighted by Crippen LogP contribution is 2.30. The van der Waals surface area contributed by atoms with Gasteiger partial charge in [0.2, 0.25) is 0 Å². The molecule has 0 aliphatic carbocycles. The van der Waals surface area contributed by atoms with E-state index in [1.165, 1.54) is 17.1 Å². The van der Waals surface area contributed by atoms with Gasteiger partial charge in [0.15, 0.2) is 0 Å². The first-order chi connectivity index (χ1) is 12.2. The number of benzene rings is 2. The molecule has 0 saturated heterocycles. The highest BCUT2D eigenvalue weighted by molar-refractivity contribution is 7.92. The predicted molar refractivity (Wildman–Crippen MR) is 86.1 cm³/mol. The third-order valence-electron chi connectivity index (χ3n) is 3.54. The van der Waals surface area contributed by atoms with Crippen LogP contribution in [0.3, 0.4) is 0 Å². The number of nitrogens with zero attached hydrogens (tertiary/aromatic N) is 4. The molecular formula is C15H12F3N5O2S. The summed E-state index contributed by atoms with van der Waals surface area (Å²) in [6.07, 6.45) is -3.13. The molecule has 7 nitrogen and oxygen atoms in total. The molecule has 1 aromatic heterocycles. The zero-order chi connectivity index (χ0) is 18.9. The summed E-state index contributed by atoms with van der Waals surface area (Å²) >= 11 is 0. The largest absolute Gasteiger partial charge is 0.416 e. The smallest absolute Gasteiger partial charge is 0.280 e. The second-order valence-corrected chi connectivity index (χ2v) is 7.07. The summed E-state index contributed by atoms with van der Waals surface area (Å²) in [6, 6.07) is 7.96. The van der Waals surface area contributed by atoms with Crippen molar-refractivity contribution in [2.24, 2.45) is 0 Å². The molecule has 2 aromatic carbocycles. The van der Waals surface area contributed by atoms with Crippen LogP contribution in [-0.4, -0.2) is 28.6 Å². The van der Waals surface area contributed by atoms with Crippen LogP contribution in [0.1, 0.15) is 11.1 Å². The van der Waals surface area contributed by atoms with Crippen LogP contribution >= 0.6 is 0 Å². The summed E-state index contributed by atoms with van der Waals surface area (Å²) in [6.45, 7) is 1.74. The minimum atomic E-state index is -4.53.